The SMILES string of the molecule is COCCn1c(CCCOc2ccccc2)c2c(=O)n(CCN3CCOCC3)[nH]c2cc1=O. The van der Waals surface area contributed by atoms with Crippen molar-refractivity contribution in [3.05, 3.63) is 62.8 Å². The lowest BCUT2D eigenvalue weighted by Gasteiger charge is -2.26. The Kier molecular flexibility index (Phi) is 7.98. The summed E-state index contributed by atoms with van der Waals surface area (Å²) in [6.07, 6.45) is 1.23. The average molecular weight is 457 g/mol. The number of rotatable bonds is 11. The zero-order valence-electron chi connectivity index (χ0n) is 19.1. The molecule has 4 rings (SSSR count). The summed E-state index contributed by atoms with van der Waals surface area (Å²) in [6.45, 7) is 5.75. The number of nitrogens with one attached hydrogen (secondary N) is 1. The minimum absolute atomic E-state index is 0.0941. The third-order valence-electron chi connectivity index (χ3n) is 5.96. The van der Waals surface area contributed by atoms with Crippen molar-refractivity contribution in [3.63, 3.8) is 0 Å². The second-order valence-electron chi connectivity index (χ2n) is 8.15. The van der Waals surface area contributed by atoms with E-state index in [-0.39, 0.29) is 11.1 Å². The second kappa shape index (κ2) is 11.3. The van der Waals surface area contributed by atoms with Crippen LogP contribution in [0.2, 0.25) is 0 Å². The third kappa shape index (κ3) is 5.73. The van der Waals surface area contributed by atoms with Crippen molar-refractivity contribution in [2.75, 3.05) is 53.2 Å². The molecule has 9 heteroatoms. The molecule has 0 aliphatic carbocycles. The van der Waals surface area contributed by atoms with Gasteiger partial charge in [0, 0.05) is 45.0 Å². The molecule has 1 fully saturated rings. The summed E-state index contributed by atoms with van der Waals surface area (Å²) in [5, 5.41) is 3.73. The molecule has 0 saturated carbocycles. The molecule has 178 valence electrons. The molecule has 9 nitrogen and oxygen atoms in total. The fourth-order valence-electron chi connectivity index (χ4n) is 4.21. The molecule has 0 unspecified atom stereocenters. The quantitative estimate of drug-likeness (QED) is 0.440. The maximum absolute atomic E-state index is 13.3. The molecule has 1 aromatic carbocycles. The van der Waals surface area contributed by atoms with Gasteiger partial charge in [0.2, 0.25) is 0 Å². The molecule has 3 aromatic rings. The normalized spacial score (nSPS) is 14.7. The van der Waals surface area contributed by atoms with Crippen LogP contribution < -0.4 is 15.9 Å². The highest BCUT2D eigenvalue weighted by Gasteiger charge is 2.18. The van der Waals surface area contributed by atoms with Gasteiger partial charge >= 0.3 is 0 Å². The first-order valence-electron chi connectivity index (χ1n) is 11.5. The summed E-state index contributed by atoms with van der Waals surface area (Å²) in [6, 6.07) is 11.1. The van der Waals surface area contributed by atoms with Gasteiger partial charge in [-0.05, 0) is 25.0 Å². The first kappa shape index (κ1) is 23.3. The van der Waals surface area contributed by atoms with Gasteiger partial charge in [-0.3, -0.25) is 24.3 Å². The van der Waals surface area contributed by atoms with Gasteiger partial charge in [-0.2, -0.15) is 0 Å². The van der Waals surface area contributed by atoms with E-state index in [2.05, 4.69) is 10.00 Å². The second-order valence-corrected chi connectivity index (χ2v) is 8.15. The molecule has 1 saturated heterocycles. The number of benzene rings is 1. The summed E-state index contributed by atoms with van der Waals surface area (Å²) in [5.41, 5.74) is 1.08. The molecule has 1 N–H and O–H groups in total. The van der Waals surface area contributed by atoms with Crippen LogP contribution in [0.5, 0.6) is 5.75 Å². The van der Waals surface area contributed by atoms with Crippen molar-refractivity contribution in [2.24, 2.45) is 0 Å². The van der Waals surface area contributed by atoms with Crippen LogP contribution in [0, 0.1) is 0 Å². The average Bonchev–Trinajstić information content (AvgIpc) is 3.15. The van der Waals surface area contributed by atoms with Crippen LogP contribution >= 0.6 is 0 Å². The Morgan fingerprint density at radius 2 is 1.82 bits per heavy atom. The number of hydrogen-bond donors (Lipinski definition) is 1. The summed E-state index contributed by atoms with van der Waals surface area (Å²) in [5.74, 6) is 0.805. The van der Waals surface area contributed by atoms with Crippen LogP contribution in [0.25, 0.3) is 10.9 Å². The van der Waals surface area contributed by atoms with E-state index in [0.717, 1.165) is 44.3 Å². The maximum Gasteiger partial charge on any atom is 0.276 e. The van der Waals surface area contributed by atoms with Gasteiger partial charge < -0.3 is 18.8 Å². The van der Waals surface area contributed by atoms with Crippen molar-refractivity contribution >= 4 is 10.9 Å². The van der Waals surface area contributed by atoms with E-state index < -0.39 is 0 Å². The Morgan fingerprint density at radius 3 is 2.58 bits per heavy atom. The van der Waals surface area contributed by atoms with E-state index in [1.54, 1.807) is 16.4 Å². The lowest BCUT2D eigenvalue weighted by atomic mass is 10.1. The Balaban J connectivity index is 1.56. The number of ether oxygens (including phenoxy) is 3. The van der Waals surface area contributed by atoms with E-state index >= 15 is 0 Å². The number of aryl methyl sites for hydroxylation is 1. The summed E-state index contributed by atoms with van der Waals surface area (Å²) in [7, 11) is 1.60. The van der Waals surface area contributed by atoms with Gasteiger partial charge in [0.1, 0.15) is 5.75 Å². The highest BCUT2D eigenvalue weighted by atomic mass is 16.5. The van der Waals surface area contributed by atoms with Gasteiger partial charge in [-0.25, -0.2) is 0 Å². The summed E-state index contributed by atoms with van der Waals surface area (Å²) >= 11 is 0. The van der Waals surface area contributed by atoms with Crippen LogP contribution in [0.15, 0.2) is 46.0 Å². The summed E-state index contributed by atoms with van der Waals surface area (Å²) < 4.78 is 19.7. The highest BCUT2D eigenvalue weighted by Crippen LogP contribution is 2.15. The lowest BCUT2D eigenvalue weighted by Crippen LogP contribution is -2.39. The Morgan fingerprint density at radius 1 is 1.03 bits per heavy atom. The third-order valence-corrected chi connectivity index (χ3v) is 5.96. The number of H-pyrrole nitrogens is 1. The molecular formula is C24H32N4O5. The number of para-hydroxylation sites is 1. The fourth-order valence-corrected chi connectivity index (χ4v) is 4.21. The number of aromatic nitrogens is 3. The molecular weight excluding hydrogens is 424 g/mol. The van der Waals surface area contributed by atoms with E-state index in [1.807, 2.05) is 30.3 Å². The molecule has 0 amide bonds. The lowest BCUT2D eigenvalue weighted by molar-refractivity contribution is 0.0359. The van der Waals surface area contributed by atoms with Gasteiger partial charge in [0.05, 0.1) is 43.9 Å². The highest BCUT2D eigenvalue weighted by molar-refractivity contribution is 5.80. The van der Waals surface area contributed by atoms with Crippen molar-refractivity contribution in [3.8, 4) is 5.75 Å². The minimum Gasteiger partial charge on any atom is -0.494 e. The zero-order chi connectivity index (χ0) is 23.0. The minimum atomic E-state index is -0.139. The molecule has 1 aliphatic rings. The molecule has 2 aromatic heterocycles. The first-order valence-corrected chi connectivity index (χ1v) is 11.5. The Labute approximate surface area is 192 Å². The van der Waals surface area contributed by atoms with Crippen molar-refractivity contribution in [1.29, 1.82) is 0 Å². The number of morpholine rings is 1. The molecule has 1 aliphatic heterocycles. The van der Waals surface area contributed by atoms with Crippen LogP contribution in [0.4, 0.5) is 0 Å². The number of hydrogen-bond acceptors (Lipinski definition) is 6. The number of pyridine rings is 1. The first-order chi connectivity index (χ1) is 16.2. The number of aromatic amines is 1. The van der Waals surface area contributed by atoms with Crippen molar-refractivity contribution in [2.45, 2.75) is 25.9 Å². The van der Waals surface area contributed by atoms with Crippen LogP contribution in [0.3, 0.4) is 0 Å². The standard InChI is InChI=1S/C24H32N4O5/c1-31-15-13-27-21(8-5-14-33-19-6-3-2-4-7-19)23-20(18-22(27)29)25-28(24(23)30)10-9-26-11-16-32-17-12-26/h2-4,6-7,18,25H,5,8-17H2,1H3. The van der Waals surface area contributed by atoms with Gasteiger partial charge in [-0.1, -0.05) is 18.2 Å². The van der Waals surface area contributed by atoms with Crippen molar-refractivity contribution < 1.29 is 14.2 Å². The Bertz CT molecular complexity index is 1150. The molecule has 0 radical (unpaired) electrons. The molecule has 33 heavy (non-hydrogen) atoms. The van der Waals surface area contributed by atoms with Gasteiger partial charge in [0.25, 0.3) is 11.1 Å². The topological polar surface area (TPSA) is 90.7 Å². The van der Waals surface area contributed by atoms with E-state index in [4.69, 9.17) is 14.2 Å². The monoisotopic (exact) mass is 456 g/mol. The molecule has 0 bridgehead atoms. The summed E-state index contributed by atoms with van der Waals surface area (Å²) in [4.78, 5) is 28.5. The number of fused-ring (bicyclic) bond motifs is 1. The van der Waals surface area contributed by atoms with E-state index in [1.165, 1.54) is 6.07 Å². The van der Waals surface area contributed by atoms with Crippen molar-refractivity contribution in [1.82, 2.24) is 19.2 Å². The smallest absolute Gasteiger partial charge is 0.276 e. The molecule has 0 atom stereocenters. The van der Waals surface area contributed by atoms with Gasteiger partial charge in [0.15, 0.2) is 0 Å². The van der Waals surface area contributed by atoms with E-state index in [0.29, 0.717) is 50.0 Å². The maximum atomic E-state index is 13.3. The molecule has 3 heterocycles. The van der Waals surface area contributed by atoms with Gasteiger partial charge in [-0.15, -0.1) is 0 Å². The van der Waals surface area contributed by atoms with Crippen LogP contribution in [-0.4, -0.2) is 72.4 Å². The largest absolute Gasteiger partial charge is 0.494 e. The number of methoxy groups -OCH3 is 1. The van der Waals surface area contributed by atoms with Crippen LogP contribution in [0.1, 0.15) is 12.1 Å². The fraction of sp³-hybridized carbons (Fsp3) is 0.500. The number of nitrogens with zero attached hydrogens (tertiary/aromatic N) is 3. The zero-order valence-corrected chi connectivity index (χ0v) is 19.1. The Hall–Kier alpha value is -2.88. The predicted octanol–water partition coefficient (Wildman–Crippen LogP) is 1.48. The molecule has 0 spiro atoms. The van der Waals surface area contributed by atoms with Crippen LogP contribution in [-0.2, 0) is 29.0 Å². The van der Waals surface area contributed by atoms with E-state index in [9.17, 15) is 9.59 Å². The predicted molar refractivity (Wildman–Crippen MR) is 126 cm³/mol.